The SMILES string of the molecule is CCCCCC(=O)NS(=O)(=O)Cc1ccccc1. The molecule has 100 valence electrons. The van der Waals surface area contributed by atoms with E-state index in [0.717, 1.165) is 19.3 Å². The van der Waals surface area contributed by atoms with Gasteiger partial charge >= 0.3 is 0 Å². The molecular formula is C13H19NO3S. The van der Waals surface area contributed by atoms with Crippen LogP contribution < -0.4 is 4.72 Å². The number of nitrogens with one attached hydrogen (secondary N) is 1. The van der Waals surface area contributed by atoms with Crippen LogP contribution in [0.5, 0.6) is 0 Å². The summed E-state index contributed by atoms with van der Waals surface area (Å²) in [5.41, 5.74) is 0.673. The molecule has 0 aliphatic heterocycles. The molecule has 0 unspecified atom stereocenters. The van der Waals surface area contributed by atoms with Crippen LogP contribution in [0.4, 0.5) is 0 Å². The fourth-order valence-electron chi connectivity index (χ4n) is 1.59. The van der Waals surface area contributed by atoms with E-state index >= 15 is 0 Å². The molecular weight excluding hydrogens is 250 g/mol. The van der Waals surface area contributed by atoms with Gasteiger partial charge in [0.15, 0.2) is 0 Å². The number of hydrogen-bond acceptors (Lipinski definition) is 3. The van der Waals surface area contributed by atoms with Gasteiger partial charge in [0.05, 0.1) is 5.75 Å². The first-order valence-electron chi connectivity index (χ1n) is 6.11. The van der Waals surface area contributed by atoms with Crippen molar-refractivity contribution in [3.05, 3.63) is 35.9 Å². The normalized spacial score (nSPS) is 11.2. The van der Waals surface area contributed by atoms with Crippen LogP contribution >= 0.6 is 0 Å². The molecule has 0 radical (unpaired) electrons. The molecule has 0 aliphatic carbocycles. The lowest BCUT2D eigenvalue weighted by Gasteiger charge is -2.06. The van der Waals surface area contributed by atoms with E-state index in [4.69, 9.17) is 0 Å². The zero-order chi connectivity index (χ0) is 13.4. The predicted molar refractivity (Wildman–Crippen MR) is 71.4 cm³/mol. The minimum atomic E-state index is -3.57. The van der Waals surface area contributed by atoms with Crippen LogP contribution in [0, 0.1) is 0 Å². The van der Waals surface area contributed by atoms with Gasteiger partial charge in [0, 0.05) is 6.42 Å². The molecule has 1 amide bonds. The second-order valence-corrected chi connectivity index (χ2v) is 5.95. The molecule has 4 nitrogen and oxygen atoms in total. The van der Waals surface area contributed by atoms with E-state index in [0.29, 0.717) is 5.56 Å². The van der Waals surface area contributed by atoms with Gasteiger partial charge < -0.3 is 0 Å². The maximum atomic E-state index is 11.7. The van der Waals surface area contributed by atoms with E-state index in [2.05, 4.69) is 4.72 Å². The van der Waals surface area contributed by atoms with E-state index in [1.807, 2.05) is 13.0 Å². The van der Waals surface area contributed by atoms with E-state index < -0.39 is 15.9 Å². The number of unbranched alkanes of at least 4 members (excludes halogenated alkanes) is 2. The van der Waals surface area contributed by atoms with Gasteiger partial charge in [-0.1, -0.05) is 50.1 Å². The summed E-state index contributed by atoms with van der Waals surface area (Å²) in [5, 5.41) is 0. The largest absolute Gasteiger partial charge is 0.274 e. The second-order valence-electron chi connectivity index (χ2n) is 4.23. The number of carbonyl (C=O) groups is 1. The molecule has 1 rings (SSSR count). The zero-order valence-electron chi connectivity index (χ0n) is 10.6. The fourth-order valence-corrected chi connectivity index (χ4v) is 2.74. The Bertz CT molecular complexity index is 468. The molecule has 18 heavy (non-hydrogen) atoms. The van der Waals surface area contributed by atoms with Gasteiger partial charge in [-0.25, -0.2) is 8.42 Å². The number of carbonyl (C=O) groups excluding carboxylic acids is 1. The first-order chi connectivity index (χ1) is 8.53. The van der Waals surface area contributed by atoms with Crippen LogP contribution in [-0.2, 0) is 20.6 Å². The second kappa shape index (κ2) is 7.16. The highest BCUT2D eigenvalue weighted by atomic mass is 32.2. The highest BCUT2D eigenvalue weighted by molar-refractivity contribution is 7.89. The Morgan fingerprint density at radius 1 is 1.17 bits per heavy atom. The predicted octanol–water partition coefficient (Wildman–Crippen LogP) is 2.21. The third-order valence-corrected chi connectivity index (χ3v) is 3.73. The van der Waals surface area contributed by atoms with E-state index in [9.17, 15) is 13.2 Å². The molecule has 1 aromatic carbocycles. The quantitative estimate of drug-likeness (QED) is 0.772. The van der Waals surface area contributed by atoms with Gasteiger partial charge in [0.1, 0.15) is 0 Å². The lowest BCUT2D eigenvalue weighted by atomic mass is 10.2. The summed E-state index contributed by atoms with van der Waals surface area (Å²) in [5.74, 6) is -0.577. The minimum Gasteiger partial charge on any atom is -0.274 e. The average Bonchev–Trinajstić information content (AvgIpc) is 2.29. The number of hydrogen-bond donors (Lipinski definition) is 1. The third kappa shape index (κ3) is 5.82. The fraction of sp³-hybridized carbons (Fsp3) is 0.462. The van der Waals surface area contributed by atoms with Crippen LogP contribution in [0.3, 0.4) is 0 Å². The number of rotatable bonds is 7. The number of amides is 1. The smallest absolute Gasteiger partial charge is 0.239 e. The molecule has 0 spiro atoms. The van der Waals surface area contributed by atoms with Crippen molar-refractivity contribution >= 4 is 15.9 Å². The van der Waals surface area contributed by atoms with E-state index in [-0.39, 0.29) is 12.2 Å². The Morgan fingerprint density at radius 3 is 2.44 bits per heavy atom. The van der Waals surface area contributed by atoms with Crippen molar-refractivity contribution in [1.82, 2.24) is 4.72 Å². The molecule has 0 saturated carbocycles. The van der Waals surface area contributed by atoms with Gasteiger partial charge in [-0.2, -0.15) is 0 Å². The van der Waals surface area contributed by atoms with Crippen LogP contribution in [0.1, 0.15) is 38.2 Å². The van der Waals surface area contributed by atoms with Gasteiger partial charge in [-0.15, -0.1) is 0 Å². The summed E-state index contributed by atoms with van der Waals surface area (Å²) >= 11 is 0. The van der Waals surface area contributed by atoms with Crippen LogP contribution in [0.15, 0.2) is 30.3 Å². The van der Waals surface area contributed by atoms with Crippen molar-refractivity contribution in [3.8, 4) is 0 Å². The summed E-state index contributed by atoms with van der Waals surface area (Å²) in [4.78, 5) is 11.4. The maximum Gasteiger partial charge on any atom is 0.239 e. The molecule has 0 atom stereocenters. The molecule has 5 heteroatoms. The van der Waals surface area contributed by atoms with Crippen LogP contribution in [-0.4, -0.2) is 14.3 Å². The van der Waals surface area contributed by atoms with Gasteiger partial charge in [-0.05, 0) is 12.0 Å². The first-order valence-corrected chi connectivity index (χ1v) is 7.76. The maximum absolute atomic E-state index is 11.7. The molecule has 0 bridgehead atoms. The standard InChI is InChI=1S/C13H19NO3S/c1-2-3-5-10-13(15)14-18(16,17)11-12-8-6-4-7-9-12/h4,6-9H,2-3,5,10-11H2,1H3,(H,14,15). The van der Waals surface area contributed by atoms with Crippen LogP contribution in [0.25, 0.3) is 0 Å². The monoisotopic (exact) mass is 269 g/mol. The highest BCUT2D eigenvalue weighted by Crippen LogP contribution is 2.05. The lowest BCUT2D eigenvalue weighted by Crippen LogP contribution is -2.31. The summed E-state index contributed by atoms with van der Waals surface area (Å²) in [7, 11) is -3.57. The Hall–Kier alpha value is -1.36. The molecule has 0 saturated heterocycles. The summed E-state index contributed by atoms with van der Waals surface area (Å²) in [6, 6.07) is 8.81. The number of benzene rings is 1. The van der Waals surface area contributed by atoms with Crippen molar-refractivity contribution < 1.29 is 13.2 Å². The van der Waals surface area contributed by atoms with Crippen molar-refractivity contribution in [3.63, 3.8) is 0 Å². The minimum absolute atomic E-state index is 0.159. The van der Waals surface area contributed by atoms with Gasteiger partial charge in [0.2, 0.25) is 15.9 Å². The molecule has 0 fully saturated rings. The molecule has 0 aliphatic rings. The molecule has 1 N–H and O–H groups in total. The summed E-state index contributed by atoms with van der Waals surface area (Å²) in [6.07, 6.45) is 2.93. The van der Waals surface area contributed by atoms with E-state index in [1.165, 1.54) is 0 Å². The molecule has 0 aromatic heterocycles. The Morgan fingerprint density at radius 2 is 1.83 bits per heavy atom. The van der Waals surface area contributed by atoms with Crippen molar-refractivity contribution in [2.75, 3.05) is 0 Å². The van der Waals surface area contributed by atoms with Crippen molar-refractivity contribution in [2.45, 2.75) is 38.4 Å². The topological polar surface area (TPSA) is 63.2 Å². The van der Waals surface area contributed by atoms with Crippen molar-refractivity contribution in [1.29, 1.82) is 0 Å². The van der Waals surface area contributed by atoms with Gasteiger partial charge in [-0.3, -0.25) is 9.52 Å². The Labute approximate surface area is 108 Å². The summed E-state index contributed by atoms with van der Waals surface area (Å²) < 4.78 is 25.5. The van der Waals surface area contributed by atoms with Gasteiger partial charge in [0.25, 0.3) is 0 Å². The summed E-state index contributed by atoms with van der Waals surface area (Å²) in [6.45, 7) is 2.03. The van der Waals surface area contributed by atoms with E-state index in [1.54, 1.807) is 24.3 Å². The zero-order valence-corrected chi connectivity index (χ0v) is 11.4. The Balaban J connectivity index is 2.47. The third-order valence-electron chi connectivity index (χ3n) is 2.48. The Kier molecular flexibility index (Phi) is 5.85. The number of sulfonamides is 1. The molecule has 0 heterocycles. The average molecular weight is 269 g/mol. The molecule has 1 aromatic rings. The highest BCUT2D eigenvalue weighted by Gasteiger charge is 2.14. The lowest BCUT2D eigenvalue weighted by molar-refractivity contribution is -0.119. The van der Waals surface area contributed by atoms with Crippen molar-refractivity contribution in [2.24, 2.45) is 0 Å². The first kappa shape index (κ1) is 14.7. The van der Waals surface area contributed by atoms with Crippen LogP contribution in [0.2, 0.25) is 0 Å².